The van der Waals surface area contributed by atoms with Gasteiger partial charge in [0.25, 0.3) is 0 Å². The number of halogens is 1. The minimum Gasteiger partial charge on any atom is -0.492 e. The van der Waals surface area contributed by atoms with Gasteiger partial charge in [-0.25, -0.2) is 0 Å². The summed E-state index contributed by atoms with van der Waals surface area (Å²) in [4.78, 5) is 14.2. The Labute approximate surface area is 152 Å². The Bertz CT molecular complexity index is 888. The van der Waals surface area contributed by atoms with Crippen LogP contribution in [0.2, 0.25) is 5.02 Å². The van der Waals surface area contributed by atoms with E-state index in [4.69, 9.17) is 16.3 Å². The fourth-order valence-electron chi connectivity index (χ4n) is 2.85. The number of benzene rings is 2. The first kappa shape index (κ1) is 17.4. The van der Waals surface area contributed by atoms with Gasteiger partial charge in [0.2, 0.25) is 5.91 Å². The third kappa shape index (κ3) is 4.15. The fraction of sp³-hybridized carbons (Fsp3) is 0.250. The number of aromatic nitrogens is 1. The number of rotatable bonds is 6. The minimum absolute atomic E-state index is 0.0750. The quantitative estimate of drug-likeness (QED) is 0.671. The molecule has 4 nitrogen and oxygen atoms in total. The standard InChI is InChI=1S/C20H21ClN2O2/c1-22(10-11-25-17-7-5-6-16(21)13-17)20(24)12-15-14-23(2)19-9-4-3-8-18(15)19/h3-9,13-14H,10-12H2,1-2H3. The molecule has 0 aliphatic carbocycles. The van der Waals surface area contributed by atoms with Gasteiger partial charge < -0.3 is 14.2 Å². The Balaban J connectivity index is 1.57. The third-order valence-electron chi connectivity index (χ3n) is 4.24. The number of ether oxygens (including phenoxy) is 1. The molecule has 130 valence electrons. The van der Waals surface area contributed by atoms with Gasteiger partial charge in [-0.3, -0.25) is 4.79 Å². The van der Waals surface area contributed by atoms with Gasteiger partial charge in [0.15, 0.2) is 0 Å². The van der Waals surface area contributed by atoms with E-state index < -0.39 is 0 Å². The Hall–Kier alpha value is -2.46. The lowest BCUT2D eigenvalue weighted by molar-refractivity contribution is -0.129. The summed E-state index contributed by atoms with van der Waals surface area (Å²) in [7, 11) is 3.80. The third-order valence-corrected chi connectivity index (χ3v) is 4.47. The number of para-hydroxylation sites is 1. The van der Waals surface area contributed by atoms with Crippen molar-refractivity contribution >= 4 is 28.4 Å². The van der Waals surface area contributed by atoms with Gasteiger partial charge in [-0.1, -0.05) is 35.9 Å². The molecule has 0 spiro atoms. The van der Waals surface area contributed by atoms with Crippen LogP contribution in [0.1, 0.15) is 5.56 Å². The zero-order valence-electron chi connectivity index (χ0n) is 14.4. The molecule has 0 N–H and O–H groups in total. The number of fused-ring (bicyclic) bond motifs is 1. The molecule has 3 rings (SSSR count). The number of amides is 1. The molecule has 1 heterocycles. The topological polar surface area (TPSA) is 34.5 Å². The van der Waals surface area contributed by atoms with Crippen LogP contribution in [0, 0.1) is 0 Å². The van der Waals surface area contributed by atoms with Gasteiger partial charge >= 0.3 is 0 Å². The molecular weight excluding hydrogens is 336 g/mol. The summed E-state index contributed by atoms with van der Waals surface area (Å²) in [6, 6.07) is 15.4. The largest absolute Gasteiger partial charge is 0.492 e. The maximum absolute atomic E-state index is 12.5. The summed E-state index contributed by atoms with van der Waals surface area (Å²) >= 11 is 5.93. The molecular formula is C20H21ClN2O2. The predicted molar refractivity (Wildman–Crippen MR) is 101 cm³/mol. The molecule has 25 heavy (non-hydrogen) atoms. The van der Waals surface area contributed by atoms with E-state index in [-0.39, 0.29) is 5.91 Å². The Morgan fingerprint density at radius 3 is 2.80 bits per heavy atom. The molecule has 1 aromatic heterocycles. The molecule has 0 bridgehead atoms. The van der Waals surface area contributed by atoms with Crippen molar-refractivity contribution in [1.29, 1.82) is 0 Å². The van der Waals surface area contributed by atoms with Gasteiger partial charge in [0, 0.05) is 36.2 Å². The van der Waals surface area contributed by atoms with Crippen molar-refractivity contribution in [3.63, 3.8) is 0 Å². The number of hydrogen-bond donors (Lipinski definition) is 0. The second-order valence-corrected chi connectivity index (χ2v) is 6.52. The van der Waals surface area contributed by atoms with Gasteiger partial charge in [-0.2, -0.15) is 0 Å². The Kier molecular flexibility index (Phi) is 5.29. The second-order valence-electron chi connectivity index (χ2n) is 6.08. The van der Waals surface area contributed by atoms with Crippen molar-refractivity contribution in [2.45, 2.75) is 6.42 Å². The van der Waals surface area contributed by atoms with E-state index in [1.54, 1.807) is 24.1 Å². The smallest absolute Gasteiger partial charge is 0.226 e. The first-order valence-electron chi connectivity index (χ1n) is 8.20. The van der Waals surface area contributed by atoms with E-state index in [2.05, 4.69) is 16.7 Å². The number of likely N-dealkylation sites (N-methyl/N-ethyl adjacent to an activating group) is 1. The molecule has 5 heteroatoms. The van der Waals surface area contributed by atoms with E-state index in [9.17, 15) is 4.79 Å². The molecule has 0 aliphatic heterocycles. The Morgan fingerprint density at radius 2 is 2.00 bits per heavy atom. The number of nitrogens with zero attached hydrogens (tertiary/aromatic N) is 2. The number of carbonyl (C=O) groups is 1. The predicted octanol–water partition coefficient (Wildman–Crippen LogP) is 3.91. The van der Waals surface area contributed by atoms with E-state index in [1.165, 1.54) is 0 Å². The lowest BCUT2D eigenvalue weighted by Crippen LogP contribution is -2.32. The van der Waals surface area contributed by atoms with E-state index in [0.717, 1.165) is 16.5 Å². The number of aryl methyl sites for hydroxylation is 1. The molecule has 0 saturated carbocycles. The van der Waals surface area contributed by atoms with Crippen molar-refractivity contribution in [2.75, 3.05) is 20.2 Å². The fourth-order valence-corrected chi connectivity index (χ4v) is 3.03. The molecule has 0 atom stereocenters. The first-order chi connectivity index (χ1) is 12.0. The van der Waals surface area contributed by atoms with Gasteiger partial charge in [0.05, 0.1) is 13.0 Å². The van der Waals surface area contributed by atoms with Crippen molar-refractivity contribution in [1.82, 2.24) is 9.47 Å². The van der Waals surface area contributed by atoms with Crippen LogP contribution in [-0.2, 0) is 18.3 Å². The first-order valence-corrected chi connectivity index (χ1v) is 8.57. The van der Waals surface area contributed by atoms with Crippen LogP contribution in [0.5, 0.6) is 5.75 Å². The van der Waals surface area contributed by atoms with Crippen LogP contribution < -0.4 is 4.74 Å². The van der Waals surface area contributed by atoms with Crippen LogP contribution >= 0.6 is 11.6 Å². The highest BCUT2D eigenvalue weighted by Gasteiger charge is 2.14. The monoisotopic (exact) mass is 356 g/mol. The summed E-state index contributed by atoms with van der Waals surface area (Å²) in [5.41, 5.74) is 2.18. The van der Waals surface area contributed by atoms with Crippen LogP contribution in [0.4, 0.5) is 0 Å². The highest BCUT2D eigenvalue weighted by Crippen LogP contribution is 2.21. The molecule has 0 unspecified atom stereocenters. The highest BCUT2D eigenvalue weighted by atomic mass is 35.5. The molecule has 0 fully saturated rings. The average molecular weight is 357 g/mol. The van der Waals surface area contributed by atoms with E-state index in [0.29, 0.717) is 30.3 Å². The normalized spacial score (nSPS) is 10.8. The zero-order chi connectivity index (χ0) is 17.8. The van der Waals surface area contributed by atoms with Gasteiger partial charge in [0.1, 0.15) is 12.4 Å². The number of hydrogen-bond acceptors (Lipinski definition) is 2. The maximum atomic E-state index is 12.5. The second kappa shape index (κ2) is 7.62. The SMILES string of the molecule is CN(CCOc1cccc(Cl)c1)C(=O)Cc1cn(C)c2ccccc12. The summed E-state index contributed by atoms with van der Waals surface area (Å²) < 4.78 is 7.71. The molecule has 0 radical (unpaired) electrons. The average Bonchev–Trinajstić information content (AvgIpc) is 2.91. The summed E-state index contributed by atoms with van der Waals surface area (Å²) in [6.07, 6.45) is 2.41. The molecule has 0 aliphatic rings. The van der Waals surface area contributed by atoms with Crippen molar-refractivity contribution in [2.24, 2.45) is 7.05 Å². The van der Waals surface area contributed by atoms with E-state index in [1.807, 2.05) is 37.5 Å². The molecule has 0 saturated heterocycles. The van der Waals surface area contributed by atoms with Gasteiger partial charge in [-0.15, -0.1) is 0 Å². The van der Waals surface area contributed by atoms with Crippen molar-refractivity contribution < 1.29 is 9.53 Å². The van der Waals surface area contributed by atoms with Crippen LogP contribution in [0.15, 0.2) is 54.7 Å². The molecule has 1 amide bonds. The Morgan fingerprint density at radius 1 is 1.20 bits per heavy atom. The van der Waals surface area contributed by atoms with Crippen LogP contribution in [0.3, 0.4) is 0 Å². The summed E-state index contributed by atoms with van der Waals surface area (Å²) in [5.74, 6) is 0.786. The lowest BCUT2D eigenvalue weighted by atomic mass is 10.1. The van der Waals surface area contributed by atoms with Crippen molar-refractivity contribution in [3.8, 4) is 5.75 Å². The molecule has 3 aromatic rings. The summed E-state index contributed by atoms with van der Waals surface area (Å²) in [5, 5.41) is 1.76. The zero-order valence-corrected chi connectivity index (χ0v) is 15.2. The minimum atomic E-state index is 0.0750. The number of carbonyl (C=O) groups excluding carboxylic acids is 1. The van der Waals surface area contributed by atoms with Gasteiger partial charge in [-0.05, 0) is 29.8 Å². The van der Waals surface area contributed by atoms with Crippen LogP contribution in [-0.4, -0.2) is 35.6 Å². The van der Waals surface area contributed by atoms with Crippen molar-refractivity contribution in [3.05, 3.63) is 65.3 Å². The maximum Gasteiger partial charge on any atom is 0.226 e. The molecule has 2 aromatic carbocycles. The van der Waals surface area contributed by atoms with E-state index >= 15 is 0 Å². The highest BCUT2D eigenvalue weighted by molar-refractivity contribution is 6.30. The summed E-state index contributed by atoms with van der Waals surface area (Å²) in [6.45, 7) is 0.953. The lowest BCUT2D eigenvalue weighted by Gasteiger charge is -2.17. The van der Waals surface area contributed by atoms with Crippen LogP contribution in [0.25, 0.3) is 10.9 Å².